The van der Waals surface area contributed by atoms with Crippen LogP contribution in [0.15, 0.2) is 54.6 Å². The maximum absolute atomic E-state index is 16.5. The number of hydrogen-bond acceptors (Lipinski definition) is 3. The molecular formula is C25H31F2NO2. The van der Waals surface area contributed by atoms with Crippen LogP contribution in [0.4, 0.5) is 14.5 Å². The van der Waals surface area contributed by atoms with Gasteiger partial charge in [0.2, 0.25) is 5.72 Å². The van der Waals surface area contributed by atoms with E-state index < -0.39 is 17.2 Å². The van der Waals surface area contributed by atoms with Gasteiger partial charge >= 0.3 is 5.92 Å². The molecule has 0 spiro atoms. The van der Waals surface area contributed by atoms with Crippen LogP contribution < -0.4 is 9.64 Å². The van der Waals surface area contributed by atoms with Crippen LogP contribution in [0.1, 0.15) is 63.9 Å². The van der Waals surface area contributed by atoms with Crippen LogP contribution in [0.25, 0.3) is 0 Å². The van der Waals surface area contributed by atoms with Crippen molar-refractivity contribution in [2.75, 3.05) is 4.90 Å². The average Bonchev–Trinajstić information content (AvgIpc) is 3.08. The number of aliphatic hydroxyl groups is 1. The molecule has 2 aromatic carbocycles. The highest BCUT2D eigenvalue weighted by molar-refractivity contribution is 5.65. The Hall–Kier alpha value is -2.14. The van der Waals surface area contributed by atoms with Gasteiger partial charge in [-0.05, 0) is 37.0 Å². The molecular weight excluding hydrogens is 384 g/mol. The van der Waals surface area contributed by atoms with Gasteiger partial charge in [-0.3, -0.25) is 0 Å². The van der Waals surface area contributed by atoms with Crippen LogP contribution in [-0.2, 0) is 6.54 Å². The second-order valence-electron chi connectivity index (χ2n) is 8.70. The van der Waals surface area contributed by atoms with Gasteiger partial charge in [0, 0.05) is 13.0 Å². The van der Waals surface area contributed by atoms with Crippen molar-refractivity contribution in [1.29, 1.82) is 0 Å². The molecule has 0 aromatic heterocycles. The number of benzene rings is 2. The lowest BCUT2D eigenvalue weighted by atomic mass is 9.74. The summed E-state index contributed by atoms with van der Waals surface area (Å²) in [4.78, 5) is 1.71. The first-order valence-corrected chi connectivity index (χ1v) is 11.1. The van der Waals surface area contributed by atoms with E-state index >= 15 is 8.78 Å². The number of unbranched alkanes of at least 4 members (excludes halogenated alkanes) is 1. The zero-order chi connectivity index (χ0) is 21.2. The van der Waals surface area contributed by atoms with Crippen molar-refractivity contribution in [3.8, 4) is 5.75 Å². The normalized spacial score (nSPS) is 23.1. The minimum Gasteiger partial charge on any atom is -0.459 e. The van der Waals surface area contributed by atoms with Crippen LogP contribution in [0.3, 0.4) is 0 Å². The van der Waals surface area contributed by atoms with E-state index in [1.165, 1.54) is 0 Å². The number of para-hydroxylation sites is 2. The van der Waals surface area contributed by atoms with Crippen molar-refractivity contribution >= 4 is 5.69 Å². The molecule has 0 amide bonds. The van der Waals surface area contributed by atoms with Gasteiger partial charge < -0.3 is 14.7 Å². The smallest absolute Gasteiger partial charge is 0.333 e. The van der Waals surface area contributed by atoms with Crippen LogP contribution in [0.2, 0.25) is 0 Å². The van der Waals surface area contributed by atoms with E-state index in [9.17, 15) is 5.11 Å². The lowest BCUT2D eigenvalue weighted by molar-refractivity contribution is -0.271. The number of fused-ring (bicyclic) bond motifs is 1. The minimum absolute atomic E-state index is 0.104. The largest absolute Gasteiger partial charge is 0.459 e. The Kier molecular flexibility index (Phi) is 5.75. The summed E-state index contributed by atoms with van der Waals surface area (Å²) in [6.07, 6.45) is 3.83. The van der Waals surface area contributed by atoms with Crippen LogP contribution in [0, 0.1) is 0 Å². The Balaban J connectivity index is 1.83. The van der Waals surface area contributed by atoms with Gasteiger partial charge in [0.25, 0.3) is 0 Å². The zero-order valence-electron chi connectivity index (χ0n) is 17.6. The fourth-order valence-corrected chi connectivity index (χ4v) is 4.98. The van der Waals surface area contributed by atoms with Crippen molar-refractivity contribution in [2.45, 2.75) is 82.1 Å². The highest BCUT2D eigenvalue weighted by Gasteiger charge is 2.71. The molecule has 0 saturated heterocycles. The van der Waals surface area contributed by atoms with Gasteiger partial charge in [-0.1, -0.05) is 75.1 Å². The van der Waals surface area contributed by atoms with E-state index in [1.807, 2.05) is 55.5 Å². The predicted molar refractivity (Wildman–Crippen MR) is 115 cm³/mol. The fourth-order valence-electron chi connectivity index (χ4n) is 4.98. The molecule has 1 saturated carbocycles. The second-order valence-corrected chi connectivity index (χ2v) is 8.70. The predicted octanol–water partition coefficient (Wildman–Crippen LogP) is 6.30. The number of halogens is 2. The lowest BCUT2D eigenvalue weighted by Gasteiger charge is -2.50. The van der Waals surface area contributed by atoms with Crippen molar-refractivity contribution in [3.05, 3.63) is 60.2 Å². The first kappa shape index (κ1) is 21.1. The first-order chi connectivity index (χ1) is 14.4. The maximum Gasteiger partial charge on any atom is 0.333 e. The van der Waals surface area contributed by atoms with Crippen LogP contribution in [-0.4, -0.2) is 22.4 Å². The van der Waals surface area contributed by atoms with E-state index in [0.717, 1.165) is 18.4 Å². The summed E-state index contributed by atoms with van der Waals surface area (Å²) in [6.45, 7) is 2.29. The molecule has 2 aromatic rings. The third-order valence-corrected chi connectivity index (χ3v) is 6.68. The molecule has 4 rings (SSSR count). The monoisotopic (exact) mass is 415 g/mol. The summed E-state index contributed by atoms with van der Waals surface area (Å²) < 4.78 is 39.1. The minimum atomic E-state index is -3.43. The topological polar surface area (TPSA) is 32.7 Å². The number of anilines is 1. The molecule has 2 aliphatic rings. The quantitative estimate of drug-likeness (QED) is 0.576. The Morgan fingerprint density at radius 2 is 1.67 bits per heavy atom. The zero-order valence-corrected chi connectivity index (χ0v) is 17.6. The van der Waals surface area contributed by atoms with Crippen molar-refractivity contribution < 1.29 is 18.6 Å². The molecule has 0 radical (unpaired) electrons. The molecule has 1 heterocycles. The Bertz CT molecular complexity index is 851. The summed E-state index contributed by atoms with van der Waals surface area (Å²) in [5, 5.41) is 11.2. The molecule has 1 atom stereocenters. The highest BCUT2D eigenvalue weighted by atomic mass is 19.3. The molecule has 0 unspecified atom stereocenters. The Morgan fingerprint density at radius 1 is 1.00 bits per heavy atom. The van der Waals surface area contributed by atoms with Gasteiger partial charge in [-0.25, -0.2) is 0 Å². The van der Waals surface area contributed by atoms with E-state index in [-0.39, 0.29) is 19.3 Å². The molecule has 1 aliphatic carbocycles. The fraction of sp³-hybridized carbons (Fsp3) is 0.520. The van der Waals surface area contributed by atoms with Crippen molar-refractivity contribution in [2.24, 2.45) is 0 Å². The van der Waals surface area contributed by atoms with Gasteiger partial charge in [-0.15, -0.1) is 0 Å². The maximum atomic E-state index is 16.5. The number of hydrogen-bond donors (Lipinski definition) is 1. The lowest BCUT2D eigenvalue weighted by Crippen LogP contribution is -2.70. The highest BCUT2D eigenvalue weighted by Crippen LogP contribution is 2.57. The molecule has 0 bridgehead atoms. The Morgan fingerprint density at radius 3 is 2.37 bits per heavy atom. The van der Waals surface area contributed by atoms with E-state index in [1.54, 1.807) is 11.0 Å². The molecule has 30 heavy (non-hydrogen) atoms. The third-order valence-electron chi connectivity index (χ3n) is 6.68. The second kappa shape index (κ2) is 8.18. The molecule has 5 heteroatoms. The van der Waals surface area contributed by atoms with Crippen molar-refractivity contribution in [1.82, 2.24) is 0 Å². The summed E-state index contributed by atoms with van der Waals surface area (Å²) in [5.74, 6) is -2.97. The van der Waals surface area contributed by atoms with E-state index in [0.29, 0.717) is 37.2 Å². The number of ether oxygens (including phenoxy) is 1. The van der Waals surface area contributed by atoms with E-state index in [4.69, 9.17) is 4.74 Å². The Labute approximate surface area is 177 Å². The molecule has 3 nitrogen and oxygen atoms in total. The first-order valence-electron chi connectivity index (χ1n) is 11.1. The average molecular weight is 416 g/mol. The molecule has 162 valence electrons. The van der Waals surface area contributed by atoms with Crippen LogP contribution in [0.5, 0.6) is 5.75 Å². The number of nitrogens with zero attached hydrogens (tertiary/aromatic N) is 1. The van der Waals surface area contributed by atoms with Crippen molar-refractivity contribution in [3.63, 3.8) is 0 Å². The molecule has 1 fully saturated rings. The summed E-state index contributed by atoms with van der Waals surface area (Å²) in [6, 6.07) is 16.9. The summed E-state index contributed by atoms with van der Waals surface area (Å²) in [5.41, 5.74) is -2.37. The van der Waals surface area contributed by atoms with Crippen LogP contribution >= 0.6 is 0 Å². The molecule has 1 N–H and O–H groups in total. The standard InChI is InChI=1S/C25H31F2NO2/c1-2-3-18-24(25(26,27)23(29)16-10-5-11-17-23)28(19-20-12-6-4-7-13-20)21-14-8-9-15-22(21)30-24/h4,6-9,12-15,29H,2-3,5,10-11,16-19H2,1H3/t24-/m0/s1. The SMILES string of the molecule is CCCC[C@@]1(C(F)(F)C2(O)CCCCC2)Oc2ccccc2N1Cc1ccccc1. The summed E-state index contributed by atoms with van der Waals surface area (Å²) >= 11 is 0. The third kappa shape index (κ3) is 3.37. The number of alkyl halides is 2. The number of rotatable bonds is 7. The molecule has 1 aliphatic heterocycles. The van der Waals surface area contributed by atoms with Gasteiger partial charge in [0.15, 0.2) is 0 Å². The van der Waals surface area contributed by atoms with Gasteiger partial charge in [0.1, 0.15) is 11.4 Å². The van der Waals surface area contributed by atoms with Gasteiger partial charge in [-0.2, -0.15) is 8.78 Å². The van der Waals surface area contributed by atoms with Gasteiger partial charge in [0.05, 0.1) is 5.69 Å². The summed E-state index contributed by atoms with van der Waals surface area (Å²) in [7, 11) is 0. The van der Waals surface area contributed by atoms with E-state index in [2.05, 4.69) is 0 Å².